The molecule has 1 aromatic rings. The smallest absolute Gasteiger partial charge is 0.371 e. The van der Waals surface area contributed by atoms with Gasteiger partial charge in [0.05, 0.1) is 0 Å². The second kappa shape index (κ2) is 3.53. The average Bonchev–Trinajstić information content (AvgIpc) is 2.50. The minimum atomic E-state index is -2.99. The Bertz CT molecular complexity index is 307. The van der Waals surface area contributed by atoms with E-state index >= 15 is 0 Å². The molecule has 1 atom stereocenters. The Hall–Kier alpha value is -1.43. The molecule has 0 spiro atoms. The number of carboxylic acid groups (broad SMARTS) is 1. The van der Waals surface area contributed by atoms with Crippen LogP contribution in [0.1, 0.15) is 22.4 Å². The van der Waals surface area contributed by atoms with Crippen molar-refractivity contribution in [3.63, 3.8) is 0 Å². The summed E-state index contributed by atoms with van der Waals surface area (Å²) in [7, 11) is 0. The highest BCUT2D eigenvalue weighted by molar-refractivity contribution is 5.84. The van der Waals surface area contributed by atoms with Gasteiger partial charge < -0.3 is 14.6 Å². The van der Waals surface area contributed by atoms with Gasteiger partial charge in [0.1, 0.15) is 5.76 Å². The second-order valence-electron chi connectivity index (χ2n) is 2.29. The largest absolute Gasteiger partial charge is 0.475 e. The lowest BCUT2D eigenvalue weighted by Crippen LogP contribution is -2.06. The Balaban J connectivity index is 2.85. The molecule has 72 valence electrons. The topological polar surface area (TPSA) is 70.7 Å². The quantitative estimate of drug-likeness (QED) is 0.756. The zero-order chi connectivity index (χ0) is 10.0. The van der Waals surface area contributed by atoms with Crippen molar-refractivity contribution in [3.05, 3.63) is 23.7 Å². The Kier molecular flexibility index (Phi) is 2.62. The molecule has 0 aromatic carbocycles. The van der Waals surface area contributed by atoms with Gasteiger partial charge in [-0.2, -0.15) is 0 Å². The van der Waals surface area contributed by atoms with E-state index in [-0.39, 0.29) is 0 Å². The van der Waals surface area contributed by atoms with Crippen molar-refractivity contribution in [1.82, 2.24) is 0 Å². The summed E-state index contributed by atoms with van der Waals surface area (Å²) in [6, 6.07) is 2.00. The Morgan fingerprint density at radius 2 is 2.08 bits per heavy atom. The van der Waals surface area contributed by atoms with Crippen LogP contribution >= 0.6 is 0 Å². The molecule has 0 aliphatic heterocycles. The Morgan fingerprint density at radius 3 is 2.46 bits per heavy atom. The SMILES string of the molecule is O=C(O)c1ccc(C(O)C(F)F)o1. The van der Waals surface area contributed by atoms with Gasteiger partial charge in [-0.1, -0.05) is 0 Å². The lowest BCUT2D eigenvalue weighted by atomic mass is 10.3. The summed E-state index contributed by atoms with van der Waals surface area (Å²) in [5.74, 6) is -2.30. The molecule has 0 bridgehead atoms. The first-order valence-corrected chi connectivity index (χ1v) is 3.31. The van der Waals surface area contributed by atoms with Crippen molar-refractivity contribution in [3.8, 4) is 0 Å². The molecule has 1 heterocycles. The average molecular weight is 192 g/mol. The molecule has 1 aromatic heterocycles. The van der Waals surface area contributed by atoms with Gasteiger partial charge in [-0.05, 0) is 12.1 Å². The van der Waals surface area contributed by atoms with Crippen LogP contribution in [-0.4, -0.2) is 22.6 Å². The van der Waals surface area contributed by atoms with E-state index in [4.69, 9.17) is 10.2 Å². The molecule has 0 radical (unpaired) electrons. The van der Waals surface area contributed by atoms with E-state index in [9.17, 15) is 13.6 Å². The third-order valence-corrected chi connectivity index (χ3v) is 1.37. The normalized spacial score (nSPS) is 13.2. The van der Waals surface area contributed by atoms with Crippen LogP contribution in [0.15, 0.2) is 16.5 Å². The van der Waals surface area contributed by atoms with Gasteiger partial charge in [-0.25, -0.2) is 13.6 Å². The van der Waals surface area contributed by atoms with Gasteiger partial charge in [0.25, 0.3) is 6.43 Å². The molecule has 0 saturated heterocycles. The highest BCUT2D eigenvalue weighted by Gasteiger charge is 2.23. The molecule has 1 unspecified atom stereocenters. The van der Waals surface area contributed by atoms with Crippen LogP contribution in [0.3, 0.4) is 0 Å². The lowest BCUT2D eigenvalue weighted by molar-refractivity contribution is -0.0183. The third kappa shape index (κ3) is 2.03. The zero-order valence-corrected chi connectivity index (χ0v) is 6.28. The maximum absolute atomic E-state index is 11.9. The van der Waals surface area contributed by atoms with E-state index < -0.39 is 30.0 Å². The van der Waals surface area contributed by atoms with Crippen LogP contribution in [0.2, 0.25) is 0 Å². The lowest BCUT2D eigenvalue weighted by Gasteiger charge is -2.04. The van der Waals surface area contributed by atoms with E-state index in [0.717, 1.165) is 12.1 Å². The predicted molar refractivity (Wildman–Crippen MR) is 36.6 cm³/mol. The number of aliphatic hydroxyl groups excluding tert-OH is 1. The highest BCUT2D eigenvalue weighted by atomic mass is 19.3. The molecular formula is C7H6F2O4. The number of aromatic carboxylic acids is 1. The van der Waals surface area contributed by atoms with Crippen molar-refractivity contribution < 1.29 is 28.2 Å². The van der Waals surface area contributed by atoms with Crippen molar-refractivity contribution in [2.45, 2.75) is 12.5 Å². The van der Waals surface area contributed by atoms with Crippen LogP contribution in [0.5, 0.6) is 0 Å². The van der Waals surface area contributed by atoms with Crippen molar-refractivity contribution in [2.75, 3.05) is 0 Å². The van der Waals surface area contributed by atoms with Gasteiger partial charge in [0.15, 0.2) is 6.10 Å². The van der Waals surface area contributed by atoms with Gasteiger partial charge in [0.2, 0.25) is 5.76 Å². The molecular weight excluding hydrogens is 186 g/mol. The van der Waals surface area contributed by atoms with E-state index in [1.807, 2.05) is 0 Å². The zero-order valence-electron chi connectivity index (χ0n) is 6.28. The monoisotopic (exact) mass is 192 g/mol. The summed E-state index contributed by atoms with van der Waals surface area (Å²) < 4.78 is 28.2. The van der Waals surface area contributed by atoms with Gasteiger partial charge in [-0.15, -0.1) is 0 Å². The minimum absolute atomic E-state index is 0.451. The first-order chi connectivity index (χ1) is 6.02. The van der Waals surface area contributed by atoms with Crippen LogP contribution in [0.4, 0.5) is 8.78 Å². The molecule has 0 fully saturated rings. The maximum atomic E-state index is 11.9. The van der Waals surface area contributed by atoms with E-state index in [0.29, 0.717) is 0 Å². The molecule has 0 amide bonds. The summed E-state index contributed by atoms with van der Waals surface area (Å²) in [4.78, 5) is 10.2. The predicted octanol–water partition coefficient (Wildman–Crippen LogP) is 1.28. The fourth-order valence-electron chi connectivity index (χ4n) is 0.751. The van der Waals surface area contributed by atoms with Crippen LogP contribution in [0, 0.1) is 0 Å². The van der Waals surface area contributed by atoms with Crippen LogP contribution in [-0.2, 0) is 0 Å². The van der Waals surface area contributed by atoms with E-state index in [1.165, 1.54) is 0 Å². The van der Waals surface area contributed by atoms with Gasteiger partial charge in [-0.3, -0.25) is 0 Å². The van der Waals surface area contributed by atoms with Gasteiger partial charge in [0, 0.05) is 0 Å². The number of carbonyl (C=O) groups is 1. The Morgan fingerprint density at radius 1 is 1.46 bits per heavy atom. The number of halogens is 2. The first-order valence-electron chi connectivity index (χ1n) is 3.31. The van der Waals surface area contributed by atoms with Gasteiger partial charge >= 0.3 is 5.97 Å². The molecule has 0 aliphatic rings. The number of aliphatic hydroxyl groups is 1. The molecule has 1 rings (SSSR count). The number of hydrogen-bond acceptors (Lipinski definition) is 3. The standard InChI is InChI=1S/C7H6F2O4/c8-6(9)5(10)3-1-2-4(13-3)7(11)12/h1-2,5-6,10H,(H,11,12). The first kappa shape index (κ1) is 9.66. The molecule has 6 heteroatoms. The fourth-order valence-corrected chi connectivity index (χ4v) is 0.751. The summed E-state index contributed by atoms with van der Waals surface area (Å²) in [5, 5.41) is 17.1. The second-order valence-corrected chi connectivity index (χ2v) is 2.29. The summed E-state index contributed by atoms with van der Waals surface area (Å²) in [6.07, 6.45) is -5.07. The van der Waals surface area contributed by atoms with Crippen molar-refractivity contribution in [1.29, 1.82) is 0 Å². The summed E-state index contributed by atoms with van der Waals surface area (Å²) in [5.41, 5.74) is 0. The van der Waals surface area contributed by atoms with Crippen LogP contribution in [0.25, 0.3) is 0 Å². The third-order valence-electron chi connectivity index (χ3n) is 1.37. The number of alkyl halides is 2. The van der Waals surface area contributed by atoms with Crippen LogP contribution < -0.4 is 0 Å². The minimum Gasteiger partial charge on any atom is -0.475 e. The summed E-state index contributed by atoms with van der Waals surface area (Å²) in [6.45, 7) is 0. The molecule has 2 N–H and O–H groups in total. The van der Waals surface area contributed by atoms with E-state index in [1.54, 1.807) is 0 Å². The summed E-state index contributed by atoms with van der Waals surface area (Å²) >= 11 is 0. The fraction of sp³-hybridized carbons (Fsp3) is 0.286. The highest BCUT2D eigenvalue weighted by Crippen LogP contribution is 2.22. The molecule has 13 heavy (non-hydrogen) atoms. The maximum Gasteiger partial charge on any atom is 0.371 e. The van der Waals surface area contributed by atoms with Crippen molar-refractivity contribution in [2.24, 2.45) is 0 Å². The number of rotatable bonds is 3. The number of furan rings is 1. The molecule has 0 saturated carbocycles. The number of hydrogen-bond donors (Lipinski definition) is 2. The number of carboxylic acids is 1. The van der Waals surface area contributed by atoms with Crippen molar-refractivity contribution >= 4 is 5.97 Å². The Labute approximate surface area is 71.4 Å². The molecule has 4 nitrogen and oxygen atoms in total. The van der Waals surface area contributed by atoms with E-state index in [2.05, 4.69) is 4.42 Å². The molecule has 0 aliphatic carbocycles.